The highest BCUT2D eigenvalue weighted by atomic mass is 16.3. The molecule has 3 heteroatoms. The molecule has 1 N–H and O–H groups in total. The average Bonchev–Trinajstić information content (AvgIpc) is 2.85. The number of aromatic nitrogens is 1. The van der Waals surface area contributed by atoms with Crippen LogP contribution in [0.25, 0.3) is 0 Å². The number of rotatable bonds is 5. The van der Waals surface area contributed by atoms with E-state index >= 15 is 0 Å². The molecule has 0 bridgehead atoms. The van der Waals surface area contributed by atoms with Crippen molar-refractivity contribution in [3.05, 3.63) is 53.7 Å². The molecule has 0 aliphatic rings. The fraction of sp³-hybridized carbons (Fsp3) is 0.357. The van der Waals surface area contributed by atoms with E-state index in [-0.39, 0.29) is 6.04 Å². The van der Waals surface area contributed by atoms with Crippen LogP contribution in [0.3, 0.4) is 0 Å². The van der Waals surface area contributed by atoms with Crippen molar-refractivity contribution >= 4 is 0 Å². The Kier molecular flexibility index (Phi) is 3.94. The zero-order chi connectivity index (χ0) is 12.1. The molecule has 0 saturated heterocycles. The standard InChI is InChI=1S/C14H18N2O/c1-3-15-14(12-6-8-17-10-12)9-13-11(2)5-4-7-16-13/h4-8,10,14-15H,3,9H2,1-2H3. The molecule has 17 heavy (non-hydrogen) atoms. The Morgan fingerprint density at radius 1 is 1.41 bits per heavy atom. The van der Waals surface area contributed by atoms with Crippen molar-refractivity contribution in [3.8, 4) is 0 Å². The summed E-state index contributed by atoms with van der Waals surface area (Å²) in [6.07, 6.45) is 6.25. The van der Waals surface area contributed by atoms with Gasteiger partial charge in [-0.1, -0.05) is 13.0 Å². The van der Waals surface area contributed by atoms with E-state index in [2.05, 4.69) is 30.2 Å². The van der Waals surface area contributed by atoms with Crippen LogP contribution in [0.4, 0.5) is 0 Å². The Morgan fingerprint density at radius 2 is 2.29 bits per heavy atom. The number of pyridine rings is 1. The fourth-order valence-electron chi connectivity index (χ4n) is 1.95. The van der Waals surface area contributed by atoms with Crippen LogP contribution in [0.5, 0.6) is 0 Å². The predicted octanol–water partition coefficient (Wildman–Crippen LogP) is 2.88. The molecule has 2 aromatic heterocycles. The summed E-state index contributed by atoms with van der Waals surface area (Å²) < 4.78 is 5.15. The molecule has 0 amide bonds. The third-order valence-corrected chi connectivity index (χ3v) is 2.91. The van der Waals surface area contributed by atoms with E-state index in [9.17, 15) is 0 Å². The average molecular weight is 230 g/mol. The van der Waals surface area contributed by atoms with E-state index in [0.717, 1.165) is 18.7 Å². The minimum absolute atomic E-state index is 0.271. The summed E-state index contributed by atoms with van der Waals surface area (Å²) in [5, 5.41) is 3.46. The quantitative estimate of drug-likeness (QED) is 0.858. The number of nitrogens with zero attached hydrogens (tertiary/aromatic N) is 1. The van der Waals surface area contributed by atoms with Gasteiger partial charge in [-0.15, -0.1) is 0 Å². The van der Waals surface area contributed by atoms with Crippen LogP contribution in [0.2, 0.25) is 0 Å². The van der Waals surface area contributed by atoms with Crippen molar-refractivity contribution in [2.45, 2.75) is 26.3 Å². The summed E-state index contributed by atoms with van der Waals surface area (Å²) >= 11 is 0. The zero-order valence-electron chi connectivity index (χ0n) is 10.3. The molecule has 1 atom stereocenters. The topological polar surface area (TPSA) is 38.1 Å². The highest BCUT2D eigenvalue weighted by Gasteiger charge is 2.13. The van der Waals surface area contributed by atoms with Gasteiger partial charge in [0.2, 0.25) is 0 Å². The minimum Gasteiger partial charge on any atom is -0.472 e. The summed E-state index contributed by atoms with van der Waals surface area (Å²) in [7, 11) is 0. The first-order valence-electron chi connectivity index (χ1n) is 5.97. The van der Waals surface area contributed by atoms with Gasteiger partial charge in [0, 0.05) is 29.9 Å². The summed E-state index contributed by atoms with van der Waals surface area (Å²) in [6, 6.07) is 6.35. The van der Waals surface area contributed by atoms with Gasteiger partial charge in [0.15, 0.2) is 0 Å². The van der Waals surface area contributed by atoms with Gasteiger partial charge >= 0.3 is 0 Å². The smallest absolute Gasteiger partial charge is 0.0950 e. The molecule has 2 aromatic rings. The van der Waals surface area contributed by atoms with Crippen molar-refractivity contribution in [2.75, 3.05) is 6.54 Å². The molecule has 1 unspecified atom stereocenters. The third-order valence-electron chi connectivity index (χ3n) is 2.91. The van der Waals surface area contributed by atoms with Crippen LogP contribution < -0.4 is 5.32 Å². The summed E-state index contributed by atoms with van der Waals surface area (Å²) in [6.45, 7) is 5.14. The SMILES string of the molecule is CCNC(Cc1ncccc1C)c1ccoc1. The molecule has 0 spiro atoms. The monoisotopic (exact) mass is 230 g/mol. The van der Waals surface area contributed by atoms with Crippen LogP contribution in [0.15, 0.2) is 41.3 Å². The lowest BCUT2D eigenvalue weighted by molar-refractivity contribution is 0.520. The first kappa shape index (κ1) is 11.9. The second-order valence-electron chi connectivity index (χ2n) is 4.14. The van der Waals surface area contributed by atoms with Gasteiger partial charge in [0.1, 0.15) is 0 Å². The van der Waals surface area contributed by atoms with Gasteiger partial charge in [0.25, 0.3) is 0 Å². The molecular weight excluding hydrogens is 212 g/mol. The minimum atomic E-state index is 0.271. The molecule has 2 rings (SSSR count). The molecule has 0 aliphatic carbocycles. The lowest BCUT2D eigenvalue weighted by Crippen LogP contribution is -2.23. The molecule has 0 radical (unpaired) electrons. The predicted molar refractivity (Wildman–Crippen MR) is 67.8 cm³/mol. The molecule has 0 aromatic carbocycles. The van der Waals surface area contributed by atoms with E-state index in [1.807, 2.05) is 18.3 Å². The van der Waals surface area contributed by atoms with Gasteiger partial charge in [-0.2, -0.15) is 0 Å². The van der Waals surface area contributed by atoms with Gasteiger partial charge in [-0.25, -0.2) is 0 Å². The molecule has 0 aliphatic heterocycles. The van der Waals surface area contributed by atoms with E-state index in [0.29, 0.717) is 0 Å². The van der Waals surface area contributed by atoms with Crippen LogP contribution in [0.1, 0.15) is 29.8 Å². The van der Waals surface area contributed by atoms with Crippen LogP contribution in [-0.2, 0) is 6.42 Å². The van der Waals surface area contributed by atoms with Crippen molar-refractivity contribution in [1.29, 1.82) is 0 Å². The van der Waals surface area contributed by atoms with Crippen LogP contribution in [-0.4, -0.2) is 11.5 Å². The van der Waals surface area contributed by atoms with Crippen molar-refractivity contribution in [1.82, 2.24) is 10.3 Å². The van der Waals surface area contributed by atoms with Crippen LogP contribution >= 0.6 is 0 Å². The lowest BCUT2D eigenvalue weighted by Gasteiger charge is -2.16. The number of hydrogen-bond acceptors (Lipinski definition) is 3. The number of likely N-dealkylation sites (N-methyl/N-ethyl adjacent to an activating group) is 1. The molecule has 0 saturated carbocycles. The maximum Gasteiger partial charge on any atom is 0.0950 e. The van der Waals surface area contributed by atoms with Crippen molar-refractivity contribution in [3.63, 3.8) is 0 Å². The zero-order valence-corrected chi connectivity index (χ0v) is 10.3. The maximum absolute atomic E-state index is 5.15. The Hall–Kier alpha value is -1.61. The summed E-state index contributed by atoms with van der Waals surface area (Å²) in [5.74, 6) is 0. The van der Waals surface area contributed by atoms with E-state index < -0.39 is 0 Å². The van der Waals surface area contributed by atoms with Gasteiger partial charge in [0.05, 0.1) is 12.5 Å². The normalized spacial score (nSPS) is 12.6. The lowest BCUT2D eigenvalue weighted by atomic mass is 10.0. The van der Waals surface area contributed by atoms with E-state index in [1.54, 1.807) is 12.5 Å². The molecule has 90 valence electrons. The molecule has 3 nitrogen and oxygen atoms in total. The van der Waals surface area contributed by atoms with Gasteiger partial charge < -0.3 is 9.73 Å². The second-order valence-corrected chi connectivity index (χ2v) is 4.14. The Morgan fingerprint density at radius 3 is 2.94 bits per heavy atom. The van der Waals surface area contributed by atoms with Gasteiger partial charge in [-0.05, 0) is 31.2 Å². The van der Waals surface area contributed by atoms with Crippen molar-refractivity contribution in [2.24, 2.45) is 0 Å². The second kappa shape index (κ2) is 5.64. The van der Waals surface area contributed by atoms with Gasteiger partial charge in [-0.3, -0.25) is 4.98 Å². The highest BCUT2D eigenvalue weighted by Crippen LogP contribution is 2.19. The molecule has 0 fully saturated rings. The van der Waals surface area contributed by atoms with E-state index in [4.69, 9.17) is 4.42 Å². The molecular formula is C14H18N2O. The Balaban J connectivity index is 2.16. The number of hydrogen-bond donors (Lipinski definition) is 1. The van der Waals surface area contributed by atoms with E-state index in [1.165, 1.54) is 11.1 Å². The largest absolute Gasteiger partial charge is 0.472 e. The number of nitrogens with one attached hydrogen (secondary N) is 1. The number of aryl methyl sites for hydroxylation is 1. The number of furan rings is 1. The Bertz CT molecular complexity index is 451. The van der Waals surface area contributed by atoms with Crippen LogP contribution in [0, 0.1) is 6.92 Å². The maximum atomic E-state index is 5.15. The molecule has 2 heterocycles. The first-order valence-corrected chi connectivity index (χ1v) is 5.97. The Labute approximate surface area is 102 Å². The summed E-state index contributed by atoms with van der Waals surface area (Å²) in [5.41, 5.74) is 3.55. The third kappa shape index (κ3) is 2.94. The highest BCUT2D eigenvalue weighted by molar-refractivity contribution is 5.22. The summed E-state index contributed by atoms with van der Waals surface area (Å²) in [4.78, 5) is 4.44. The fourth-order valence-corrected chi connectivity index (χ4v) is 1.95. The van der Waals surface area contributed by atoms with Crippen molar-refractivity contribution < 1.29 is 4.42 Å². The first-order chi connectivity index (χ1) is 8.31.